The monoisotopic (exact) mass is 152 g/mol. The lowest BCUT2D eigenvalue weighted by Gasteiger charge is -2.05. The van der Waals surface area contributed by atoms with Gasteiger partial charge in [0.25, 0.3) is 0 Å². The van der Waals surface area contributed by atoms with Crippen LogP contribution in [-0.2, 0) is 14.6 Å². The van der Waals surface area contributed by atoms with Crippen LogP contribution in [0.25, 0.3) is 0 Å². The molecule has 1 unspecified atom stereocenters. The molecule has 0 aliphatic rings. The summed E-state index contributed by atoms with van der Waals surface area (Å²) in [7, 11) is -1.36. The van der Waals surface area contributed by atoms with E-state index in [-0.39, 0.29) is 11.9 Å². The van der Waals surface area contributed by atoms with E-state index in [4.69, 9.17) is 4.74 Å². The lowest BCUT2D eigenvalue weighted by atomic mass is 10.5. The molecule has 0 bridgehead atoms. The van der Waals surface area contributed by atoms with Crippen molar-refractivity contribution in [2.24, 2.45) is 0 Å². The van der Waals surface area contributed by atoms with Crippen LogP contribution in [0.1, 0.15) is 6.92 Å². The second kappa shape index (κ2) is 3.17. The van der Waals surface area contributed by atoms with Crippen molar-refractivity contribution in [1.82, 2.24) is 0 Å². The molecule has 0 aliphatic heterocycles. The van der Waals surface area contributed by atoms with Gasteiger partial charge in [0.15, 0.2) is 0 Å². The van der Waals surface area contributed by atoms with Gasteiger partial charge in [-0.1, -0.05) is 0 Å². The van der Waals surface area contributed by atoms with Crippen molar-refractivity contribution in [3.05, 3.63) is 0 Å². The lowest BCUT2D eigenvalue weighted by molar-refractivity contribution is 0.136. The van der Waals surface area contributed by atoms with E-state index in [0.29, 0.717) is 0 Å². The highest BCUT2D eigenvalue weighted by Crippen LogP contribution is 1.92. The Bertz CT molecular complexity index is 159. The van der Waals surface area contributed by atoms with Gasteiger partial charge in [-0.2, -0.15) is 0 Å². The predicted molar refractivity (Wildman–Crippen MR) is 36.2 cm³/mol. The molecule has 3 nitrogen and oxygen atoms in total. The molecule has 0 aromatic rings. The van der Waals surface area contributed by atoms with Crippen LogP contribution < -0.4 is 0 Å². The molecule has 1 atom stereocenters. The van der Waals surface area contributed by atoms with Crippen LogP contribution in [0, 0.1) is 0 Å². The van der Waals surface area contributed by atoms with Crippen LogP contribution in [0.5, 0.6) is 0 Å². The first-order chi connectivity index (χ1) is 3.95. The largest absolute Gasteiger partial charge is 0.381 e. The maximum atomic E-state index is 10.5. The van der Waals surface area contributed by atoms with E-state index < -0.39 is 9.84 Å². The SMILES string of the molecule is COC(C)CS(C)(=O)=O. The van der Waals surface area contributed by atoms with Crippen molar-refractivity contribution < 1.29 is 13.2 Å². The Labute approximate surface area is 55.9 Å². The van der Waals surface area contributed by atoms with Gasteiger partial charge in [0, 0.05) is 13.4 Å². The summed E-state index contributed by atoms with van der Waals surface area (Å²) in [6.45, 7) is 1.72. The van der Waals surface area contributed by atoms with Crippen LogP contribution in [0.4, 0.5) is 0 Å². The number of ether oxygens (including phenoxy) is 1. The van der Waals surface area contributed by atoms with Crippen molar-refractivity contribution in [1.29, 1.82) is 0 Å². The fourth-order valence-corrected chi connectivity index (χ4v) is 1.48. The van der Waals surface area contributed by atoms with Gasteiger partial charge in [-0.3, -0.25) is 0 Å². The summed E-state index contributed by atoms with van der Waals surface area (Å²) in [5, 5.41) is 0. The zero-order valence-electron chi connectivity index (χ0n) is 5.92. The average molecular weight is 152 g/mol. The van der Waals surface area contributed by atoms with Gasteiger partial charge >= 0.3 is 0 Å². The fraction of sp³-hybridized carbons (Fsp3) is 1.00. The maximum absolute atomic E-state index is 10.5. The molecule has 0 aromatic carbocycles. The zero-order chi connectivity index (χ0) is 7.49. The van der Waals surface area contributed by atoms with Crippen molar-refractivity contribution in [2.75, 3.05) is 19.1 Å². The third-order valence-corrected chi connectivity index (χ3v) is 2.01. The molecular weight excluding hydrogens is 140 g/mol. The summed E-state index contributed by atoms with van der Waals surface area (Å²) < 4.78 is 25.8. The maximum Gasteiger partial charge on any atom is 0.149 e. The molecule has 0 amide bonds. The van der Waals surface area contributed by atoms with Crippen LogP contribution in [-0.4, -0.2) is 33.6 Å². The molecule has 0 fully saturated rings. The Morgan fingerprint density at radius 3 is 2.11 bits per heavy atom. The molecular formula is C5H12O3S. The Morgan fingerprint density at radius 1 is 1.56 bits per heavy atom. The van der Waals surface area contributed by atoms with E-state index in [0.717, 1.165) is 0 Å². The van der Waals surface area contributed by atoms with Crippen LogP contribution in [0.15, 0.2) is 0 Å². The molecule has 0 aromatic heterocycles. The Morgan fingerprint density at radius 2 is 2.00 bits per heavy atom. The Hall–Kier alpha value is -0.0900. The summed E-state index contributed by atoms with van der Waals surface area (Å²) >= 11 is 0. The van der Waals surface area contributed by atoms with Gasteiger partial charge in [-0.25, -0.2) is 8.42 Å². The van der Waals surface area contributed by atoms with Gasteiger partial charge in [-0.05, 0) is 6.92 Å². The molecule has 0 rings (SSSR count). The average Bonchev–Trinajstić information content (AvgIpc) is 1.62. The second-order valence-corrected chi connectivity index (χ2v) is 4.32. The fourth-order valence-electron chi connectivity index (χ4n) is 0.494. The van der Waals surface area contributed by atoms with Crippen LogP contribution in [0.3, 0.4) is 0 Å². The summed E-state index contributed by atoms with van der Waals surface area (Å²) in [5.41, 5.74) is 0. The summed E-state index contributed by atoms with van der Waals surface area (Å²) in [6, 6.07) is 0. The van der Waals surface area contributed by atoms with Crippen molar-refractivity contribution in [2.45, 2.75) is 13.0 Å². The molecule has 0 saturated heterocycles. The Balaban J connectivity index is 3.75. The topological polar surface area (TPSA) is 43.4 Å². The molecule has 0 saturated carbocycles. The third-order valence-electron chi connectivity index (χ3n) is 0.940. The summed E-state index contributed by atoms with van der Waals surface area (Å²) in [6.07, 6.45) is 1.00. The van der Waals surface area contributed by atoms with Crippen molar-refractivity contribution in [3.63, 3.8) is 0 Å². The highest BCUT2D eigenvalue weighted by Gasteiger charge is 2.07. The van der Waals surface area contributed by atoms with Crippen LogP contribution in [0.2, 0.25) is 0 Å². The molecule has 56 valence electrons. The second-order valence-electron chi connectivity index (χ2n) is 2.14. The molecule has 4 heteroatoms. The van der Waals surface area contributed by atoms with Crippen LogP contribution >= 0.6 is 0 Å². The van der Waals surface area contributed by atoms with Gasteiger partial charge in [-0.15, -0.1) is 0 Å². The van der Waals surface area contributed by atoms with E-state index in [1.165, 1.54) is 13.4 Å². The molecule has 0 radical (unpaired) electrons. The van der Waals surface area contributed by atoms with Crippen molar-refractivity contribution >= 4 is 9.84 Å². The molecule has 0 heterocycles. The molecule has 0 N–H and O–H groups in total. The highest BCUT2D eigenvalue weighted by atomic mass is 32.2. The smallest absolute Gasteiger partial charge is 0.149 e. The van der Waals surface area contributed by atoms with Gasteiger partial charge in [0.1, 0.15) is 9.84 Å². The summed E-state index contributed by atoms with van der Waals surface area (Å²) in [4.78, 5) is 0. The zero-order valence-corrected chi connectivity index (χ0v) is 6.73. The Kier molecular flexibility index (Phi) is 3.14. The first kappa shape index (κ1) is 8.91. The standard InChI is InChI=1S/C5H12O3S/c1-5(8-2)4-9(3,6)7/h5H,4H2,1-3H3. The first-order valence-corrected chi connectivity index (χ1v) is 4.72. The number of methoxy groups -OCH3 is 1. The quantitative estimate of drug-likeness (QED) is 0.574. The molecule has 9 heavy (non-hydrogen) atoms. The van der Waals surface area contributed by atoms with E-state index >= 15 is 0 Å². The number of hydrogen-bond acceptors (Lipinski definition) is 3. The summed E-state index contributed by atoms with van der Waals surface area (Å²) in [5.74, 6) is 0.101. The van der Waals surface area contributed by atoms with Gasteiger partial charge < -0.3 is 4.74 Å². The van der Waals surface area contributed by atoms with Gasteiger partial charge in [0.2, 0.25) is 0 Å². The van der Waals surface area contributed by atoms with Gasteiger partial charge in [0.05, 0.1) is 11.9 Å². The van der Waals surface area contributed by atoms with E-state index in [1.807, 2.05) is 0 Å². The number of sulfone groups is 1. The first-order valence-electron chi connectivity index (χ1n) is 2.66. The van der Waals surface area contributed by atoms with E-state index in [2.05, 4.69) is 0 Å². The minimum absolute atomic E-state index is 0.101. The molecule has 0 aliphatic carbocycles. The minimum Gasteiger partial charge on any atom is -0.381 e. The third kappa shape index (κ3) is 5.79. The van der Waals surface area contributed by atoms with Crippen molar-refractivity contribution in [3.8, 4) is 0 Å². The van der Waals surface area contributed by atoms with E-state index in [1.54, 1.807) is 6.92 Å². The molecule has 0 spiro atoms. The number of hydrogen-bond donors (Lipinski definition) is 0. The predicted octanol–water partition coefficient (Wildman–Crippen LogP) is 0.0659. The minimum atomic E-state index is -2.86. The highest BCUT2D eigenvalue weighted by molar-refractivity contribution is 7.90. The lowest BCUT2D eigenvalue weighted by Crippen LogP contribution is -2.18. The number of rotatable bonds is 3. The van der Waals surface area contributed by atoms with E-state index in [9.17, 15) is 8.42 Å². The normalized spacial score (nSPS) is 15.4.